The van der Waals surface area contributed by atoms with Crippen molar-refractivity contribution in [3.63, 3.8) is 0 Å². The number of carbonyl (C=O) groups excluding carboxylic acids is 2. The number of ether oxygens (including phenoxy) is 2. The molecule has 0 bridgehead atoms. The second-order valence-corrected chi connectivity index (χ2v) is 9.68. The molecule has 39 heavy (non-hydrogen) atoms. The molecule has 2 amide bonds. The molecule has 3 aromatic rings. The van der Waals surface area contributed by atoms with Crippen molar-refractivity contribution in [3.05, 3.63) is 101 Å². The van der Waals surface area contributed by atoms with Gasteiger partial charge in [-0.05, 0) is 60.7 Å². The number of nitro groups is 2. The standard InChI is InChI=1S/C25H17Cl2N3O8S/c1-2-37-22-10-14(6-8-21(22)38-20-9-7-15(29(33)34)12-19(20)30(35)36)11-23-24(31)28(25(32)39-23)13-16-17(26)4-3-5-18(16)27/h3-12H,2,13H2,1H3/b23-11-. The summed E-state index contributed by atoms with van der Waals surface area (Å²) < 4.78 is 11.3. The van der Waals surface area contributed by atoms with E-state index in [1.54, 1.807) is 31.2 Å². The highest BCUT2D eigenvalue weighted by molar-refractivity contribution is 8.18. The van der Waals surface area contributed by atoms with Crippen LogP contribution in [0.15, 0.2) is 59.5 Å². The summed E-state index contributed by atoms with van der Waals surface area (Å²) in [6, 6.07) is 12.5. The van der Waals surface area contributed by atoms with Gasteiger partial charge >= 0.3 is 5.69 Å². The van der Waals surface area contributed by atoms with Crippen molar-refractivity contribution in [2.24, 2.45) is 0 Å². The lowest BCUT2D eigenvalue weighted by Gasteiger charge is -2.14. The van der Waals surface area contributed by atoms with Crippen molar-refractivity contribution in [1.82, 2.24) is 4.90 Å². The molecule has 1 fully saturated rings. The number of halogens is 2. The zero-order chi connectivity index (χ0) is 28.3. The average molecular weight is 590 g/mol. The number of non-ortho nitro benzene ring substituents is 1. The molecule has 1 saturated heterocycles. The fraction of sp³-hybridized carbons (Fsp3) is 0.120. The van der Waals surface area contributed by atoms with E-state index >= 15 is 0 Å². The Kier molecular flexibility index (Phi) is 8.38. The average Bonchev–Trinajstić information content (AvgIpc) is 3.14. The molecular formula is C25H17Cl2N3O8S. The van der Waals surface area contributed by atoms with Crippen LogP contribution in [-0.4, -0.2) is 32.5 Å². The van der Waals surface area contributed by atoms with E-state index in [0.717, 1.165) is 34.9 Å². The first-order chi connectivity index (χ1) is 18.6. The smallest absolute Gasteiger partial charge is 0.318 e. The topological polar surface area (TPSA) is 142 Å². The maximum Gasteiger partial charge on any atom is 0.318 e. The lowest BCUT2D eigenvalue weighted by atomic mass is 10.1. The summed E-state index contributed by atoms with van der Waals surface area (Å²) >= 11 is 13.1. The van der Waals surface area contributed by atoms with Crippen LogP contribution >= 0.6 is 35.0 Å². The number of nitro benzene ring substituents is 2. The zero-order valence-electron chi connectivity index (χ0n) is 20.0. The maximum absolute atomic E-state index is 13.0. The van der Waals surface area contributed by atoms with Crippen LogP contribution in [0.4, 0.5) is 16.2 Å². The molecule has 14 heteroatoms. The Balaban J connectivity index is 1.61. The number of thioether (sulfide) groups is 1. The fourth-order valence-corrected chi connectivity index (χ4v) is 4.92. The van der Waals surface area contributed by atoms with Crippen molar-refractivity contribution < 1.29 is 28.9 Å². The third kappa shape index (κ3) is 6.14. The number of hydrogen-bond donors (Lipinski definition) is 0. The van der Waals surface area contributed by atoms with Crippen molar-refractivity contribution >= 4 is 63.6 Å². The molecule has 200 valence electrons. The van der Waals surface area contributed by atoms with E-state index in [2.05, 4.69) is 0 Å². The van der Waals surface area contributed by atoms with Crippen LogP contribution in [0.1, 0.15) is 18.1 Å². The number of imide groups is 1. The van der Waals surface area contributed by atoms with Crippen LogP contribution in [0.2, 0.25) is 10.0 Å². The second kappa shape index (κ2) is 11.7. The van der Waals surface area contributed by atoms with Gasteiger partial charge in [-0.15, -0.1) is 0 Å². The summed E-state index contributed by atoms with van der Waals surface area (Å²) in [6.07, 6.45) is 1.50. The third-order valence-corrected chi connectivity index (χ3v) is 7.00. The first-order valence-corrected chi connectivity index (χ1v) is 12.7. The Morgan fingerprint density at radius 3 is 2.28 bits per heavy atom. The van der Waals surface area contributed by atoms with Crippen LogP contribution in [-0.2, 0) is 11.3 Å². The van der Waals surface area contributed by atoms with E-state index in [1.807, 2.05) is 0 Å². The third-order valence-electron chi connectivity index (χ3n) is 5.39. The Bertz CT molecular complexity index is 1530. The van der Waals surface area contributed by atoms with Crippen LogP contribution in [0.3, 0.4) is 0 Å². The highest BCUT2D eigenvalue weighted by atomic mass is 35.5. The van der Waals surface area contributed by atoms with Crippen molar-refractivity contribution in [3.8, 4) is 17.2 Å². The maximum atomic E-state index is 13.0. The Hall–Kier alpha value is -4.13. The monoisotopic (exact) mass is 589 g/mol. The molecule has 3 aromatic carbocycles. The van der Waals surface area contributed by atoms with Crippen LogP contribution in [0.25, 0.3) is 6.08 Å². The molecule has 0 unspecified atom stereocenters. The summed E-state index contributed by atoms with van der Waals surface area (Å²) in [5, 5.41) is 22.6. The molecule has 1 aliphatic heterocycles. The number of hydrogen-bond acceptors (Lipinski definition) is 9. The van der Waals surface area contributed by atoms with Gasteiger partial charge in [-0.25, -0.2) is 0 Å². The molecule has 4 rings (SSSR count). The summed E-state index contributed by atoms with van der Waals surface area (Å²) in [6.45, 7) is 1.85. The van der Waals surface area contributed by atoms with Crippen LogP contribution in [0, 0.1) is 20.2 Å². The molecule has 0 N–H and O–H groups in total. The molecule has 0 radical (unpaired) electrons. The van der Waals surface area contributed by atoms with Gasteiger partial charge in [0.05, 0.1) is 34.0 Å². The molecule has 0 spiro atoms. The molecular weight excluding hydrogens is 573 g/mol. The van der Waals surface area contributed by atoms with Gasteiger partial charge in [0.15, 0.2) is 11.5 Å². The van der Waals surface area contributed by atoms with E-state index in [0.29, 0.717) is 21.2 Å². The van der Waals surface area contributed by atoms with Crippen LogP contribution < -0.4 is 9.47 Å². The van der Waals surface area contributed by atoms with Gasteiger partial charge in [-0.2, -0.15) is 0 Å². The van der Waals surface area contributed by atoms with Crippen LogP contribution in [0.5, 0.6) is 17.2 Å². The second-order valence-electron chi connectivity index (χ2n) is 7.88. The van der Waals surface area contributed by atoms with Gasteiger partial charge in [-0.3, -0.25) is 34.7 Å². The Labute approximate surface area is 235 Å². The van der Waals surface area contributed by atoms with Gasteiger partial charge in [0.25, 0.3) is 16.8 Å². The molecule has 0 aliphatic carbocycles. The first kappa shape index (κ1) is 27.9. The minimum absolute atomic E-state index is 0.0918. The molecule has 0 saturated carbocycles. The number of benzene rings is 3. The van der Waals surface area contributed by atoms with E-state index in [-0.39, 0.29) is 35.3 Å². The summed E-state index contributed by atoms with van der Waals surface area (Å²) in [7, 11) is 0. The summed E-state index contributed by atoms with van der Waals surface area (Å²) in [5.41, 5.74) is -0.113. The zero-order valence-corrected chi connectivity index (χ0v) is 22.3. The molecule has 1 aliphatic rings. The molecule has 0 atom stereocenters. The van der Waals surface area contributed by atoms with E-state index in [4.69, 9.17) is 32.7 Å². The van der Waals surface area contributed by atoms with Gasteiger partial charge < -0.3 is 9.47 Å². The highest BCUT2D eigenvalue weighted by Gasteiger charge is 2.36. The Morgan fingerprint density at radius 1 is 0.949 bits per heavy atom. The van der Waals surface area contributed by atoms with E-state index < -0.39 is 32.4 Å². The Morgan fingerprint density at radius 2 is 1.64 bits per heavy atom. The number of carbonyl (C=O) groups is 2. The SMILES string of the molecule is CCOc1cc(/C=C2\SC(=O)N(Cc3c(Cl)cccc3Cl)C2=O)ccc1Oc1ccc([N+](=O)[O-])cc1[N+](=O)[O-]. The predicted octanol–water partition coefficient (Wildman–Crippen LogP) is 7.24. The van der Waals surface area contributed by atoms with Crippen molar-refractivity contribution in [1.29, 1.82) is 0 Å². The van der Waals surface area contributed by atoms with Gasteiger partial charge in [0, 0.05) is 21.7 Å². The summed E-state index contributed by atoms with van der Waals surface area (Å²) in [4.78, 5) is 47.7. The fourth-order valence-electron chi connectivity index (χ4n) is 3.56. The number of nitrogens with zero attached hydrogens (tertiary/aromatic N) is 3. The number of amides is 2. The van der Waals surface area contributed by atoms with Crippen molar-refractivity contribution in [2.45, 2.75) is 13.5 Å². The molecule has 0 aromatic heterocycles. The minimum Gasteiger partial charge on any atom is -0.490 e. The minimum atomic E-state index is -0.789. The van der Waals surface area contributed by atoms with E-state index in [9.17, 15) is 29.8 Å². The van der Waals surface area contributed by atoms with Crippen molar-refractivity contribution in [2.75, 3.05) is 6.61 Å². The quantitative estimate of drug-likeness (QED) is 0.143. The first-order valence-electron chi connectivity index (χ1n) is 11.1. The molecule has 1 heterocycles. The predicted molar refractivity (Wildman–Crippen MR) is 145 cm³/mol. The largest absolute Gasteiger partial charge is 0.490 e. The normalized spacial score (nSPS) is 14.1. The van der Waals surface area contributed by atoms with Gasteiger partial charge in [0.2, 0.25) is 5.75 Å². The molecule has 11 nitrogen and oxygen atoms in total. The lowest BCUT2D eigenvalue weighted by molar-refractivity contribution is -0.394. The highest BCUT2D eigenvalue weighted by Crippen LogP contribution is 2.40. The lowest BCUT2D eigenvalue weighted by Crippen LogP contribution is -2.27. The summed E-state index contributed by atoms with van der Waals surface area (Å²) in [5.74, 6) is -0.451. The number of rotatable bonds is 9. The van der Waals surface area contributed by atoms with E-state index in [1.165, 1.54) is 18.2 Å². The van der Waals surface area contributed by atoms with Gasteiger partial charge in [-0.1, -0.05) is 35.3 Å². The van der Waals surface area contributed by atoms with Gasteiger partial charge in [0.1, 0.15) is 0 Å².